The highest BCUT2D eigenvalue weighted by Crippen LogP contribution is 2.14. The molecule has 6 heteroatoms. The molecule has 0 bridgehead atoms. The highest BCUT2D eigenvalue weighted by atomic mass is 79.9. The van der Waals surface area contributed by atoms with Crippen LogP contribution in [-0.4, -0.2) is 27.5 Å². The second-order valence-electron chi connectivity index (χ2n) is 2.18. The number of hydrogen-bond acceptors (Lipinski definition) is 3. The lowest BCUT2D eigenvalue weighted by Gasteiger charge is -2.04. The molecule has 1 aromatic heterocycles. The summed E-state index contributed by atoms with van der Waals surface area (Å²) in [5.74, 6) is 0.175. The van der Waals surface area contributed by atoms with E-state index < -0.39 is 6.10 Å². The Balaban J connectivity index is 0.000000500. The third-order valence-electron chi connectivity index (χ3n) is 1.24. The van der Waals surface area contributed by atoms with Crippen LogP contribution in [0, 0.1) is 0 Å². The van der Waals surface area contributed by atoms with Crippen molar-refractivity contribution in [1.29, 1.82) is 0 Å². The summed E-state index contributed by atoms with van der Waals surface area (Å²) in [5.41, 5.74) is 0.600. The maximum absolute atomic E-state index is 9.21. The molecule has 0 radical (unpaired) electrons. The molecule has 0 aromatic carbocycles. The summed E-state index contributed by atoms with van der Waals surface area (Å²) >= 11 is 8.66. The van der Waals surface area contributed by atoms with Crippen LogP contribution < -0.4 is 0 Å². The van der Waals surface area contributed by atoms with Gasteiger partial charge in [-0.15, -0.1) is 11.6 Å². The van der Waals surface area contributed by atoms with Crippen LogP contribution in [0.5, 0.6) is 0 Å². The van der Waals surface area contributed by atoms with Gasteiger partial charge in [0.1, 0.15) is 6.10 Å². The molecule has 1 aromatic rings. The summed E-state index contributed by atoms with van der Waals surface area (Å²) in [4.78, 5) is 12.3. The average molecular weight is 283 g/mol. The molecule has 0 spiro atoms. The molecular formula is C8H9BrClNO3. The molecule has 0 saturated heterocycles. The van der Waals surface area contributed by atoms with Crippen LogP contribution in [0.25, 0.3) is 0 Å². The number of carbonyl (C=O) groups is 1. The number of alkyl halides is 1. The molecule has 0 aliphatic rings. The molecular weight excluding hydrogens is 273 g/mol. The lowest BCUT2D eigenvalue weighted by molar-refractivity contribution is -0.122. The molecule has 4 nitrogen and oxygen atoms in total. The average Bonchev–Trinajstić information content (AvgIpc) is 2.19. The monoisotopic (exact) mass is 281 g/mol. The molecule has 1 rings (SSSR count). The van der Waals surface area contributed by atoms with Gasteiger partial charge >= 0.3 is 0 Å². The SMILES string of the molecule is O=CO.O[C@@H](CCl)c1ccc(Br)cn1. The molecule has 78 valence electrons. The van der Waals surface area contributed by atoms with Crippen molar-refractivity contribution in [1.82, 2.24) is 4.98 Å². The Morgan fingerprint density at radius 2 is 2.21 bits per heavy atom. The van der Waals surface area contributed by atoms with Crippen LogP contribution in [0.2, 0.25) is 0 Å². The maximum atomic E-state index is 9.21. The number of aliphatic hydroxyl groups excluding tert-OH is 1. The number of aromatic nitrogens is 1. The number of aliphatic hydroxyl groups is 1. The van der Waals surface area contributed by atoms with Crippen LogP contribution in [0.1, 0.15) is 11.8 Å². The zero-order valence-corrected chi connectivity index (χ0v) is 9.44. The lowest BCUT2D eigenvalue weighted by atomic mass is 10.2. The molecule has 2 N–H and O–H groups in total. The van der Waals surface area contributed by atoms with Crippen LogP contribution >= 0.6 is 27.5 Å². The highest BCUT2D eigenvalue weighted by molar-refractivity contribution is 9.10. The summed E-state index contributed by atoms with van der Waals surface area (Å²) in [7, 11) is 0. The number of nitrogens with zero attached hydrogens (tertiary/aromatic N) is 1. The van der Waals surface area contributed by atoms with Gasteiger partial charge in [-0.3, -0.25) is 9.78 Å². The normalized spacial score (nSPS) is 11.1. The van der Waals surface area contributed by atoms with E-state index in [0.29, 0.717) is 5.69 Å². The molecule has 0 aliphatic carbocycles. The summed E-state index contributed by atoms with van der Waals surface area (Å²) in [5, 5.41) is 16.1. The molecule has 0 aliphatic heterocycles. The van der Waals surface area contributed by atoms with E-state index in [-0.39, 0.29) is 12.4 Å². The maximum Gasteiger partial charge on any atom is 0.290 e. The molecule has 1 heterocycles. The van der Waals surface area contributed by atoms with Crippen molar-refractivity contribution in [3.8, 4) is 0 Å². The van der Waals surface area contributed by atoms with E-state index in [0.717, 1.165) is 4.47 Å². The second kappa shape index (κ2) is 7.73. The number of pyridine rings is 1. The van der Waals surface area contributed by atoms with E-state index >= 15 is 0 Å². The van der Waals surface area contributed by atoms with Crippen molar-refractivity contribution in [3.63, 3.8) is 0 Å². The van der Waals surface area contributed by atoms with Gasteiger partial charge in [-0.1, -0.05) is 0 Å². The predicted molar refractivity (Wildman–Crippen MR) is 56.3 cm³/mol. The van der Waals surface area contributed by atoms with Crippen molar-refractivity contribution >= 4 is 34.0 Å². The molecule has 0 saturated carbocycles. The quantitative estimate of drug-likeness (QED) is 0.641. The predicted octanol–water partition coefficient (Wildman–Crippen LogP) is 1.82. The van der Waals surface area contributed by atoms with Crippen molar-refractivity contribution in [2.24, 2.45) is 0 Å². The lowest BCUT2D eigenvalue weighted by Crippen LogP contribution is -2.00. The van der Waals surface area contributed by atoms with E-state index in [1.807, 2.05) is 6.07 Å². The Hall–Kier alpha value is -0.650. The number of carboxylic acid groups (broad SMARTS) is 1. The first-order valence-corrected chi connectivity index (χ1v) is 4.91. The fourth-order valence-corrected chi connectivity index (χ4v) is 1.06. The van der Waals surface area contributed by atoms with Gasteiger partial charge in [-0.2, -0.15) is 0 Å². The van der Waals surface area contributed by atoms with Crippen LogP contribution in [-0.2, 0) is 4.79 Å². The fraction of sp³-hybridized carbons (Fsp3) is 0.250. The van der Waals surface area contributed by atoms with Crippen LogP contribution in [0.4, 0.5) is 0 Å². The Bertz CT molecular complexity index is 268. The van der Waals surface area contributed by atoms with E-state index in [2.05, 4.69) is 20.9 Å². The molecule has 14 heavy (non-hydrogen) atoms. The van der Waals surface area contributed by atoms with Crippen molar-refractivity contribution in [2.45, 2.75) is 6.10 Å². The van der Waals surface area contributed by atoms with Crippen molar-refractivity contribution in [3.05, 3.63) is 28.5 Å². The van der Waals surface area contributed by atoms with Gasteiger partial charge in [0, 0.05) is 10.7 Å². The first-order chi connectivity index (χ1) is 6.65. The zero-order valence-electron chi connectivity index (χ0n) is 7.10. The van der Waals surface area contributed by atoms with Gasteiger partial charge in [-0.25, -0.2) is 0 Å². The smallest absolute Gasteiger partial charge is 0.290 e. The van der Waals surface area contributed by atoms with Gasteiger partial charge in [0.05, 0.1) is 11.6 Å². The Kier molecular flexibility index (Phi) is 7.37. The minimum atomic E-state index is -0.662. The van der Waals surface area contributed by atoms with Crippen molar-refractivity contribution < 1.29 is 15.0 Å². The largest absolute Gasteiger partial charge is 0.483 e. The molecule has 0 amide bonds. The molecule has 1 atom stereocenters. The summed E-state index contributed by atoms with van der Waals surface area (Å²) in [6.45, 7) is -0.250. The first kappa shape index (κ1) is 13.4. The Labute approximate surface area is 94.7 Å². The van der Waals surface area contributed by atoms with E-state index in [4.69, 9.17) is 21.5 Å². The highest BCUT2D eigenvalue weighted by Gasteiger charge is 2.05. The topological polar surface area (TPSA) is 70.4 Å². The van der Waals surface area contributed by atoms with E-state index in [1.54, 1.807) is 12.3 Å². The minimum Gasteiger partial charge on any atom is -0.483 e. The van der Waals surface area contributed by atoms with Crippen molar-refractivity contribution in [2.75, 3.05) is 5.88 Å². The molecule has 0 unspecified atom stereocenters. The van der Waals surface area contributed by atoms with E-state index in [1.165, 1.54) is 0 Å². The number of rotatable bonds is 2. The Morgan fingerprint density at radius 1 is 1.64 bits per heavy atom. The number of halogens is 2. The van der Waals surface area contributed by atoms with Crippen LogP contribution in [0.15, 0.2) is 22.8 Å². The standard InChI is InChI=1S/C7H7BrClNO.CH2O2/c8-5-1-2-6(10-4-5)7(11)3-9;2-1-3/h1-2,4,7,11H,3H2;1H,(H,2,3)/t7-;/m0./s1. The van der Waals surface area contributed by atoms with Gasteiger partial charge in [0.25, 0.3) is 6.47 Å². The molecule has 0 fully saturated rings. The zero-order chi connectivity index (χ0) is 11.0. The van der Waals surface area contributed by atoms with Gasteiger partial charge < -0.3 is 10.2 Å². The summed E-state index contributed by atoms with van der Waals surface area (Å²) < 4.78 is 0.892. The second-order valence-corrected chi connectivity index (χ2v) is 3.40. The number of hydrogen-bond donors (Lipinski definition) is 2. The fourth-order valence-electron chi connectivity index (χ4n) is 0.663. The third kappa shape index (κ3) is 5.16. The van der Waals surface area contributed by atoms with Gasteiger partial charge in [-0.05, 0) is 28.1 Å². The summed E-state index contributed by atoms with van der Waals surface area (Å²) in [6.07, 6.45) is 0.968. The van der Waals surface area contributed by atoms with Gasteiger partial charge in [0.15, 0.2) is 0 Å². The summed E-state index contributed by atoms with van der Waals surface area (Å²) in [6, 6.07) is 3.55. The van der Waals surface area contributed by atoms with E-state index in [9.17, 15) is 5.11 Å². The minimum absolute atomic E-state index is 0.175. The van der Waals surface area contributed by atoms with Gasteiger partial charge in [0.2, 0.25) is 0 Å². The Morgan fingerprint density at radius 3 is 2.57 bits per heavy atom. The van der Waals surface area contributed by atoms with Crippen LogP contribution in [0.3, 0.4) is 0 Å². The third-order valence-corrected chi connectivity index (χ3v) is 2.00. The first-order valence-electron chi connectivity index (χ1n) is 3.59.